The number of amides is 4. The lowest BCUT2D eigenvalue weighted by Gasteiger charge is -2.24. The van der Waals surface area contributed by atoms with Crippen molar-refractivity contribution in [2.45, 2.75) is 32.4 Å². The Morgan fingerprint density at radius 3 is 2.64 bits per heavy atom. The van der Waals surface area contributed by atoms with Crippen molar-refractivity contribution in [1.82, 2.24) is 10.2 Å². The van der Waals surface area contributed by atoms with Gasteiger partial charge in [0, 0.05) is 0 Å². The van der Waals surface area contributed by atoms with Gasteiger partial charge in [0.25, 0.3) is 5.91 Å². The van der Waals surface area contributed by atoms with E-state index in [0.717, 1.165) is 4.90 Å². The maximum absolute atomic E-state index is 12.5. The third-order valence-corrected chi connectivity index (χ3v) is 3.51. The predicted octanol–water partition coefficient (Wildman–Crippen LogP) is 0.885. The topological polar surface area (TPSA) is 113 Å². The number of benzene rings is 1. The fraction of sp³-hybridized carbons (Fsp3) is 0.400. The summed E-state index contributed by atoms with van der Waals surface area (Å²) < 4.78 is 0. The molecule has 1 aromatic rings. The number of hydrogen-bond acceptors (Lipinski definition) is 4. The highest BCUT2D eigenvalue weighted by molar-refractivity contribution is 6.07. The first-order valence-corrected chi connectivity index (χ1v) is 7.03. The predicted molar refractivity (Wildman–Crippen MR) is 78.7 cm³/mol. The van der Waals surface area contributed by atoms with Gasteiger partial charge in [-0.05, 0) is 30.0 Å². The second kappa shape index (κ2) is 6.05. The maximum atomic E-state index is 12.5. The van der Waals surface area contributed by atoms with Gasteiger partial charge in [-0.1, -0.05) is 26.0 Å². The standard InChI is InChI=1S/C15H19N3O4/c1-8(2)6-11(13(16)20)18-14(21)12(17-15(18)22)9-4-3-5-10(19)7-9/h3-5,7-8,11-12,19H,6H2,1-2H3,(H2,16,20)(H,17,22)/t11-,12?/m0/s1. The minimum atomic E-state index is -0.977. The van der Waals surface area contributed by atoms with Crippen LogP contribution in [-0.4, -0.2) is 33.9 Å². The smallest absolute Gasteiger partial charge is 0.325 e. The van der Waals surface area contributed by atoms with Gasteiger partial charge in [-0.2, -0.15) is 0 Å². The number of primary amides is 1. The molecule has 1 fully saturated rings. The van der Waals surface area contributed by atoms with Gasteiger partial charge >= 0.3 is 6.03 Å². The summed E-state index contributed by atoms with van der Waals surface area (Å²) >= 11 is 0. The molecule has 22 heavy (non-hydrogen) atoms. The van der Waals surface area contributed by atoms with Crippen molar-refractivity contribution in [2.75, 3.05) is 0 Å². The van der Waals surface area contributed by atoms with Crippen LogP contribution >= 0.6 is 0 Å². The fourth-order valence-electron chi connectivity index (χ4n) is 2.51. The van der Waals surface area contributed by atoms with E-state index in [9.17, 15) is 19.5 Å². The van der Waals surface area contributed by atoms with Gasteiger partial charge in [0.2, 0.25) is 5.91 Å². The van der Waals surface area contributed by atoms with Crippen molar-refractivity contribution in [1.29, 1.82) is 0 Å². The number of rotatable bonds is 5. The number of imide groups is 1. The van der Waals surface area contributed by atoms with Crippen LogP contribution in [0.1, 0.15) is 31.9 Å². The van der Waals surface area contributed by atoms with Crippen LogP contribution in [0.5, 0.6) is 5.75 Å². The van der Waals surface area contributed by atoms with E-state index < -0.39 is 29.9 Å². The highest BCUT2D eigenvalue weighted by Crippen LogP contribution is 2.27. The van der Waals surface area contributed by atoms with Crippen molar-refractivity contribution in [3.05, 3.63) is 29.8 Å². The number of hydrogen-bond donors (Lipinski definition) is 3. The molecule has 1 heterocycles. The van der Waals surface area contributed by atoms with Crippen molar-refractivity contribution in [2.24, 2.45) is 11.7 Å². The molecule has 2 rings (SSSR count). The third-order valence-electron chi connectivity index (χ3n) is 3.51. The summed E-state index contributed by atoms with van der Waals surface area (Å²) in [5.74, 6) is -1.17. The largest absolute Gasteiger partial charge is 0.508 e. The quantitative estimate of drug-likeness (QED) is 0.701. The van der Waals surface area contributed by atoms with Gasteiger partial charge in [0.05, 0.1) is 0 Å². The second-order valence-corrected chi connectivity index (χ2v) is 5.73. The molecule has 7 nitrogen and oxygen atoms in total. The van der Waals surface area contributed by atoms with E-state index in [0.29, 0.717) is 12.0 Å². The Bertz CT molecular complexity index is 615. The van der Waals surface area contributed by atoms with E-state index in [1.165, 1.54) is 12.1 Å². The number of carbonyl (C=O) groups is 3. The lowest BCUT2D eigenvalue weighted by Crippen LogP contribution is -2.48. The first kappa shape index (κ1) is 15.8. The fourth-order valence-corrected chi connectivity index (χ4v) is 2.51. The molecule has 0 spiro atoms. The van der Waals surface area contributed by atoms with Crippen LogP contribution in [-0.2, 0) is 9.59 Å². The van der Waals surface area contributed by atoms with E-state index >= 15 is 0 Å². The molecule has 1 saturated heterocycles. The van der Waals surface area contributed by atoms with Crippen molar-refractivity contribution in [3.63, 3.8) is 0 Å². The summed E-state index contributed by atoms with van der Waals surface area (Å²) in [6.07, 6.45) is 0.307. The Balaban J connectivity index is 2.29. The van der Waals surface area contributed by atoms with Crippen LogP contribution in [0.25, 0.3) is 0 Å². The Morgan fingerprint density at radius 2 is 2.09 bits per heavy atom. The first-order valence-electron chi connectivity index (χ1n) is 7.03. The van der Waals surface area contributed by atoms with Crippen LogP contribution in [0.4, 0.5) is 4.79 Å². The molecule has 2 atom stereocenters. The number of aromatic hydroxyl groups is 1. The monoisotopic (exact) mass is 305 g/mol. The summed E-state index contributed by atoms with van der Waals surface area (Å²) in [6, 6.07) is 3.51. The lowest BCUT2D eigenvalue weighted by molar-refractivity contribution is -0.135. The molecule has 1 unspecified atom stereocenters. The highest BCUT2D eigenvalue weighted by Gasteiger charge is 2.44. The SMILES string of the molecule is CC(C)C[C@@H](C(N)=O)N1C(=O)NC(c2cccc(O)c2)C1=O. The lowest BCUT2D eigenvalue weighted by atomic mass is 10.0. The molecule has 4 N–H and O–H groups in total. The van der Waals surface area contributed by atoms with Gasteiger partial charge in [-0.3, -0.25) is 9.59 Å². The van der Waals surface area contributed by atoms with Gasteiger partial charge in [-0.15, -0.1) is 0 Å². The van der Waals surface area contributed by atoms with Gasteiger partial charge in [0.15, 0.2) is 0 Å². The maximum Gasteiger partial charge on any atom is 0.325 e. The average Bonchev–Trinajstić information content (AvgIpc) is 2.71. The molecule has 118 valence electrons. The van der Waals surface area contributed by atoms with Gasteiger partial charge in [-0.25, -0.2) is 9.69 Å². The third kappa shape index (κ3) is 3.03. The van der Waals surface area contributed by atoms with Crippen LogP contribution in [0.2, 0.25) is 0 Å². The van der Waals surface area contributed by atoms with Crippen molar-refractivity contribution >= 4 is 17.8 Å². The average molecular weight is 305 g/mol. The summed E-state index contributed by atoms with van der Waals surface area (Å²) in [5, 5.41) is 12.0. The number of phenolic OH excluding ortho intramolecular Hbond substituents is 1. The zero-order chi connectivity index (χ0) is 16.4. The molecule has 0 saturated carbocycles. The summed E-state index contributed by atoms with van der Waals surface area (Å²) in [4.78, 5) is 37.1. The Hall–Kier alpha value is -2.57. The zero-order valence-corrected chi connectivity index (χ0v) is 12.4. The van der Waals surface area contributed by atoms with Crippen LogP contribution < -0.4 is 11.1 Å². The normalized spacial score (nSPS) is 19.4. The molecule has 0 aliphatic carbocycles. The molecule has 0 aromatic heterocycles. The number of carbonyl (C=O) groups excluding carboxylic acids is 3. The molecular weight excluding hydrogens is 286 g/mol. The summed E-state index contributed by atoms with van der Waals surface area (Å²) in [5.41, 5.74) is 5.80. The number of nitrogens with one attached hydrogen (secondary N) is 1. The molecular formula is C15H19N3O4. The van der Waals surface area contributed by atoms with Crippen molar-refractivity contribution in [3.8, 4) is 5.75 Å². The summed E-state index contributed by atoms with van der Waals surface area (Å²) in [7, 11) is 0. The molecule has 0 radical (unpaired) electrons. The minimum absolute atomic E-state index is 0.00775. The van der Waals surface area contributed by atoms with Gasteiger partial charge < -0.3 is 16.2 Å². The molecule has 1 aromatic carbocycles. The van der Waals surface area contributed by atoms with E-state index in [1.807, 2.05) is 13.8 Å². The van der Waals surface area contributed by atoms with E-state index in [-0.39, 0.29) is 11.7 Å². The summed E-state index contributed by atoms with van der Waals surface area (Å²) in [6.45, 7) is 3.75. The highest BCUT2D eigenvalue weighted by atomic mass is 16.3. The number of nitrogens with two attached hydrogens (primary N) is 1. The molecule has 7 heteroatoms. The zero-order valence-electron chi connectivity index (χ0n) is 12.4. The van der Waals surface area contributed by atoms with E-state index in [2.05, 4.69) is 5.32 Å². The van der Waals surface area contributed by atoms with E-state index in [4.69, 9.17) is 5.73 Å². The van der Waals surface area contributed by atoms with Crippen LogP contribution in [0, 0.1) is 5.92 Å². The first-order chi connectivity index (χ1) is 10.3. The Labute approximate surface area is 128 Å². The number of phenols is 1. The van der Waals surface area contributed by atoms with E-state index in [1.54, 1.807) is 12.1 Å². The van der Waals surface area contributed by atoms with Crippen molar-refractivity contribution < 1.29 is 19.5 Å². The van der Waals surface area contributed by atoms with Crippen LogP contribution in [0.15, 0.2) is 24.3 Å². The molecule has 1 aliphatic rings. The minimum Gasteiger partial charge on any atom is -0.508 e. The van der Waals surface area contributed by atoms with Gasteiger partial charge in [0.1, 0.15) is 17.8 Å². The Kier molecular flexibility index (Phi) is 4.35. The second-order valence-electron chi connectivity index (χ2n) is 5.73. The number of urea groups is 1. The molecule has 0 bridgehead atoms. The molecule has 1 aliphatic heterocycles. The molecule has 4 amide bonds. The number of nitrogens with zero attached hydrogens (tertiary/aromatic N) is 1. The van der Waals surface area contributed by atoms with Crippen LogP contribution in [0.3, 0.4) is 0 Å². The Morgan fingerprint density at radius 1 is 1.41 bits per heavy atom.